The van der Waals surface area contributed by atoms with Gasteiger partial charge in [-0.25, -0.2) is 4.79 Å². The van der Waals surface area contributed by atoms with Gasteiger partial charge in [0.15, 0.2) is 0 Å². The lowest BCUT2D eigenvalue weighted by Gasteiger charge is -2.32. The molecule has 1 heterocycles. The number of fused-ring (bicyclic) bond motifs is 1. The van der Waals surface area contributed by atoms with Crippen molar-refractivity contribution in [3.05, 3.63) is 23.8 Å². The van der Waals surface area contributed by atoms with E-state index in [0.29, 0.717) is 0 Å². The molecule has 0 saturated carbocycles. The molecule has 3 N–H and O–H groups in total. The molecule has 0 spiro atoms. The molecule has 1 aromatic rings. The zero-order chi connectivity index (χ0) is 11.9. The highest BCUT2D eigenvalue weighted by Gasteiger charge is 2.42. The molecule has 6 nitrogen and oxygen atoms in total. The van der Waals surface area contributed by atoms with Crippen LogP contribution in [0.2, 0.25) is 0 Å². The maximum atomic E-state index is 11.6. The molecule has 1 aliphatic heterocycles. The Labute approximate surface area is 90.5 Å². The Morgan fingerprint density at radius 2 is 2.19 bits per heavy atom. The Morgan fingerprint density at radius 3 is 2.81 bits per heavy atom. The first-order valence-corrected chi connectivity index (χ1v) is 4.50. The van der Waals surface area contributed by atoms with Crippen LogP contribution in [0.4, 0.5) is 0 Å². The van der Waals surface area contributed by atoms with Crippen molar-refractivity contribution in [3.8, 4) is 11.5 Å². The second-order valence-corrected chi connectivity index (χ2v) is 3.58. The maximum absolute atomic E-state index is 11.6. The molecular weight excluding hydrogens is 214 g/mol. The van der Waals surface area contributed by atoms with Gasteiger partial charge in [-0.3, -0.25) is 4.79 Å². The van der Waals surface area contributed by atoms with Gasteiger partial charge in [-0.05, 0) is 18.2 Å². The van der Waals surface area contributed by atoms with Crippen LogP contribution in [-0.4, -0.2) is 27.8 Å². The van der Waals surface area contributed by atoms with E-state index in [4.69, 9.17) is 9.84 Å². The minimum Gasteiger partial charge on any atom is -0.508 e. The highest BCUT2D eigenvalue weighted by atomic mass is 16.5. The van der Waals surface area contributed by atoms with Crippen LogP contribution < -0.4 is 10.1 Å². The summed E-state index contributed by atoms with van der Waals surface area (Å²) >= 11 is 0. The highest BCUT2D eigenvalue weighted by Crippen LogP contribution is 2.30. The number of carbonyl (C=O) groups is 2. The number of amides is 1. The van der Waals surface area contributed by atoms with Crippen LogP contribution in [0.25, 0.3) is 0 Å². The molecule has 6 heteroatoms. The number of rotatable bonds is 1. The molecule has 1 aromatic carbocycles. The van der Waals surface area contributed by atoms with Crippen molar-refractivity contribution in [1.29, 1.82) is 0 Å². The third kappa shape index (κ3) is 1.44. The number of aromatic hydroxyl groups is 1. The van der Waals surface area contributed by atoms with E-state index >= 15 is 0 Å². The number of carboxylic acids is 1. The van der Waals surface area contributed by atoms with Gasteiger partial charge < -0.3 is 20.3 Å². The fourth-order valence-corrected chi connectivity index (χ4v) is 1.41. The van der Waals surface area contributed by atoms with Crippen molar-refractivity contribution >= 4 is 11.9 Å². The lowest BCUT2D eigenvalue weighted by atomic mass is 10.1. The molecule has 0 bridgehead atoms. The van der Waals surface area contributed by atoms with E-state index < -0.39 is 17.6 Å². The Bertz CT molecular complexity index is 484. The van der Waals surface area contributed by atoms with Crippen molar-refractivity contribution < 1.29 is 24.5 Å². The molecule has 1 amide bonds. The molecule has 1 atom stereocenters. The Hall–Kier alpha value is -2.24. The molecule has 1 unspecified atom stereocenters. The van der Waals surface area contributed by atoms with Crippen molar-refractivity contribution in [3.63, 3.8) is 0 Å². The molecule has 0 aliphatic carbocycles. The summed E-state index contributed by atoms with van der Waals surface area (Å²) in [7, 11) is 0. The molecule has 0 saturated heterocycles. The van der Waals surface area contributed by atoms with Crippen molar-refractivity contribution in [1.82, 2.24) is 5.32 Å². The fraction of sp³-hybridized carbons (Fsp3) is 0.200. The molecule has 0 radical (unpaired) electrons. The van der Waals surface area contributed by atoms with E-state index in [0.717, 1.165) is 0 Å². The number of phenolic OH excluding ortho intramolecular Hbond substituents is 1. The van der Waals surface area contributed by atoms with Gasteiger partial charge in [0.1, 0.15) is 11.5 Å². The standard InChI is InChI=1S/C10H9NO5/c1-10(9(14)15)11-8(13)6-4-5(12)2-3-7(6)16-10/h2-4,12H,1H3,(H,11,13)(H,14,15). The third-order valence-corrected chi connectivity index (χ3v) is 2.28. The monoisotopic (exact) mass is 223 g/mol. The van der Waals surface area contributed by atoms with Crippen LogP contribution in [0.5, 0.6) is 11.5 Å². The number of benzene rings is 1. The van der Waals surface area contributed by atoms with Gasteiger partial charge in [0.2, 0.25) is 0 Å². The van der Waals surface area contributed by atoms with Crippen molar-refractivity contribution in [2.24, 2.45) is 0 Å². The lowest BCUT2D eigenvalue weighted by molar-refractivity contribution is -0.156. The second-order valence-electron chi connectivity index (χ2n) is 3.58. The number of hydrogen-bond acceptors (Lipinski definition) is 4. The normalized spacial score (nSPS) is 22.9. The van der Waals surface area contributed by atoms with Gasteiger partial charge in [0, 0.05) is 6.92 Å². The number of ether oxygens (including phenoxy) is 1. The molecule has 0 aromatic heterocycles. The number of carboxylic acid groups (broad SMARTS) is 1. The third-order valence-electron chi connectivity index (χ3n) is 2.28. The Kier molecular flexibility index (Phi) is 2.01. The van der Waals surface area contributed by atoms with E-state index in [1.54, 1.807) is 0 Å². The predicted molar refractivity (Wildman–Crippen MR) is 52.2 cm³/mol. The zero-order valence-corrected chi connectivity index (χ0v) is 8.35. The minimum atomic E-state index is -1.78. The molecular formula is C10H9NO5. The van der Waals surface area contributed by atoms with Gasteiger partial charge in [-0.1, -0.05) is 0 Å². The van der Waals surface area contributed by atoms with Crippen LogP contribution >= 0.6 is 0 Å². The van der Waals surface area contributed by atoms with Crippen molar-refractivity contribution in [2.75, 3.05) is 0 Å². The first-order valence-electron chi connectivity index (χ1n) is 4.50. The number of hydrogen-bond donors (Lipinski definition) is 3. The number of carbonyl (C=O) groups excluding carboxylic acids is 1. The lowest BCUT2D eigenvalue weighted by Crippen LogP contribution is -2.59. The first-order chi connectivity index (χ1) is 7.42. The molecule has 1 aliphatic rings. The quantitative estimate of drug-likeness (QED) is 0.637. The van der Waals surface area contributed by atoms with E-state index in [1.807, 2.05) is 0 Å². The van der Waals surface area contributed by atoms with Gasteiger partial charge in [0.05, 0.1) is 5.56 Å². The number of nitrogens with one attached hydrogen (secondary N) is 1. The SMILES string of the molecule is CC1(C(=O)O)NC(=O)c2cc(O)ccc2O1. The van der Waals surface area contributed by atoms with Gasteiger partial charge in [-0.2, -0.15) is 0 Å². The van der Waals surface area contributed by atoms with Gasteiger partial charge in [-0.15, -0.1) is 0 Å². The fourth-order valence-electron chi connectivity index (χ4n) is 1.41. The summed E-state index contributed by atoms with van der Waals surface area (Å²) in [6, 6.07) is 3.89. The van der Waals surface area contributed by atoms with E-state index in [1.165, 1.54) is 25.1 Å². The highest BCUT2D eigenvalue weighted by molar-refractivity contribution is 6.01. The van der Waals surface area contributed by atoms with Gasteiger partial charge >= 0.3 is 5.97 Å². The second kappa shape index (κ2) is 3.13. The van der Waals surface area contributed by atoms with E-state index in [9.17, 15) is 14.7 Å². The summed E-state index contributed by atoms with van der Waals surface area (Å²) in [6.45, 7) is 1.24. The van der Waals surface area contributed by atoms with E-state index in [2.05, 4.69) is 5.32 Å². The van der Waals surface area contributed by atoms with Crippen LogP contribution in [-0.2, 0) is 4.79 Å². The summed E-state index contributed by atoms with van der Waals surface area (Å²) in [5.74, 6) is -1.84. The van der Waals surface area contributed by atoms with Crippen molar-refractivity contribution in [2.45, 2.75) is 12.6 Å². The molecule has 84 valence electrons. The molecule has 0 fully saturated rings. The summed E-state index contributed by atoms with van der Waals surface area (Å²) in [5.41, 5.74) is -1.67. The molecule has 16 heavy (non-hydrogen) atoms. The van der Waals surface area contributed by atoms with Crippen LogP contribution in [0, 0.1) is 0 Å². The topological polar surface area (TPSA) is 95.9 Å². The summed E-state index contributed by atoms with van der Waals surface area (Å²) in [6.07, 6.45) is 0. The number of phenols is 1. The predicted octanol–water partition coefficient (Wildman–Crippen LogP) is 0.315. The zero-order valence-electron chi connectivity index (χ0n) is 8.35. The maximum Gasteiger partial charge on any atom is 0.369 e. The van der Waals surface area contributed by atoms with Crippen LogP contribution in [0.15, 0.2) is 18.2 Å². The average molecular weight is 223 g/mol. The molecule has 2 rings (SSSR count). The van der Waals surface area contributed by atoms with E-state index in [-0.39, 0.29) is 17.1 Å². The summed E-state index contributed by atoms with van der Waals surface area (Å²) < 4.78 is 5.16. The Morgan fingerprint density at radius 1 is 1.50 bits per heavy atom. The number of aliphatic carboxylic acids is 1. The van der Waals surface area contributed by atoms with Crippen LogP contribution in [0.1, 0.15) is 17.3 Å². The average Bonchev–Trinajstić information content (AvgIpc) is 2.19. The van der Waals surface area contributed by atoms with Gasteiger partial charge in [0.25, 0.3) is 11.6 Å². The van der Waals surface area contributed by atoms with Crippen LogP contribution in [0.3, 0.4) is 0 Å². The summed E-state index contributed by atoms with van der Waals surface area (Å²) in [4.78, 5) is 22.5. The smallest absolute Gasteiger partial charge is 0.369 e. The summed E-state index contributed by atoms with van der Waals surface area (Å²) in [5, 5.41) is 20.3. The first kappa shape index (κ1) is 10.3. The Balaban J connectivity index is 2.49. The minimum absolute atomic E-state index is 0.0866. The largest absolute Gasteiger partial charge is 0.508 e.